The van der Waals surface area contributed by atoms with E-state index in [4.69, 9.17) is 16.1 Å². The van der Waals surface area contributed by atoms with Gasteiger partial charge in [-0.25, -0.2) is 9.37 Å². The standard InChI is InChI=1S/C17H10BrClFN5O2/c1-7-22-17(27-25-7)16-12(19)15(23-8(2)26)13(20)14(24-16)9-3-4-11(18)10(5-9)6-21/h3-5H,1-2H3,(H,23,24,26). The van der Waals surface area contributed by atoms with Crippen LogP contribution in [-0.4, -0.2) is 21.0 Å². The Hall–Kier alpha value is -2.83. The minimum Gasteiger partial charge on any atom is -0.332 e. The van der Waals surface area contributed by atoms with E-state index < -0.39 is 11.7 Å². The van der Waals surface area contributed by atoms with Crippen LogP contribution >= 0.6 is 27.5 Å². The van der Waals surface area contributed by atoms with E-state index >= 15 is 4.39 Å². The van der Waals surface area contributed by atoms with Crippen molar-refractivity contribution in [2.24, 2.45) is 0 Å². The molecule has 0 saturated heterocycles. The van der Waals surface area contributed by atoms with Gasteiger partial charge in [0.2, 0.25) is 5.91 Å². The van der Waals surface area contributed by atoms with Crippen LogP contribution in [-0.2, 0) is 4.79 Å². The molecule has 0 aliphatic rings. The van der Waals surface area contributed by atoms with Crippen LogP contribution in [0.5, 0.6) is 0 Å². The van der Waals surface area contributed by atoms with Crippen molar-refractivity contribution in [1.29, 1.82) is 5.26 Å². The van der Waals surface area contributed by atoms with Gasteiger partial charge in [-0.3, -0.25) is 4.79 Å². The second kappa shape index (κ2) is 7.42. The van der Waals surface area contributed by atoms with E-state index in [0.717, 1.165) is 0 Å². The zero-order valence-electron chi connectivity index (χ0n) is 14.0. The lowest BCUT2D eigenvalue weighted by molar-refractivity contribution is -0.114. The maximum atomic E-state index is 15.1. The van der Waals surface area contributed by atoms with Crippen LogP contribution in [0.1, 0.15) is 18.3 Å². The molecule has 0 saturated carbocycles. The topological polar surface area (TPSA) is 105 Å². The minimum absolute atomic E-state index is 0.0128. The van der Waals surface area contributed by atoms with E-state index in [1.165, 1.54) is 13.0 Å². The first-order valence-electron chi connectivity index (χ1n) is 7.49. The Labute approximate surface area is 166 Å². The summed E-state index contributed by atoms with van der Waals surface area (Å²) >= 11 is 9.49. The second-order valence-corrected chi connectivity index (χ2v) is 6.68. The highest BCUT2D eigenvalue weighted by Gasteiger charge is 2.25. The summed E-state index contributed by atoms with van der Waals surface area (Å²) < 4.78 is 20.7. The van der Waals surface area contributed by atoms with E-state index in [-0.39, 0.29) is 28.0 Å². The Morgan fingerprint density at radius 2 is 2.11 bits per heavy atom. The predicted molar refractivity (Wildman–Crippen MR) is 99.4 cm³/mol. The third-order valence-electron chi connectivity index (χ3n) is 3.47. The molecule has 1 amide bonds. The van der Waals surface area contributed by atoms with Gasteiger partial charge in [0, 0.05) is 17.0 Å². The molecule has 2 aromatic heterocycles. The molecule has 0 fully saturated rings. The molecule has 3 aromatic rings. The molecule has 3 rings (SSSR count). The summed E-state index contributed by atoms with van der Waals surface area (Å²) in [6.45, 7) is 2.83. The van der Waals surface area contributed by atoms with Crippen LogP contribution in [0.15, 0.2) is 27.2 Å². The van der Waals surface area contributed by atoms with Crippen LogP contribution in [0.3, 0.4) is 0 Å². The molecule has 0 atom stereocenters. The highest BCUT2D eigenvalue weighted by molar-refractivity contribution is 9.10. The van der Waals surface area contributed by atoms with Crippen molar-refractivity contribution in [3.05, 3.63) is 44.9 Å². The van der Waals surface area contributed by atoms with Crippen LogP contribution in [0, 0.1) is 24.1 Å². The van der Waals surface area contributed by atoms with Gasteiger partial charge in [0.05, 0.1) is 10.6 Å². The van der Waals surface area contributed by atoms with Crippen molar-refractivity contribution in [2.75, 3.05) is 5.32 Å². The lowest BCUT2D eigenvalue weighted by Crippen LogP contribution is -2.10. The first-order valence-corrected chi connectivity index (χ1v) is 8.66. The first-order chi connectivity index (χ1) is 12.8. The molecule has 0 unspecified atom stereocenters. The maximum Gasteiger partial charge on any atom is 0.278 e. The molecule has 7 nitrogen and oxygen atoms in total. The summed E-state index contributed by atoms with van der Waals surface area (Å²) in [5.41, 5.74) is 0.228. The van der Waals surface area contributed by atoms with Crippen LogP contribution < -0.4 is 5.32 Å². The minimum atomic E-state index is -0.846. The van der Waals surface area contributed by atoms with Crippen molar-refractivity contribution in [1.82, 2.24) is 15.1 Å². The molecule has 0 radical (unpaired) electrons. The fourth-order valence-corrected chi connectivity index (χ4v) is 2.90. The van der Waals surface area contributed by atoms with Gasteiger partial charge in [-0.05, 0) is 35.0 Å². The molecule has 1 aromatic carbocycles. The Morgan fingerprint density at radius 1 is 1.37 bits per heavy atom. The maximum absolute atomic E-state index is 15.1. The summed E-state index contributed by atoms with van der Waals surface area (Å²) in [6.07, 6.45) is 0. The fraction of sp³-hybridized carbons (Fsp3) is 0.118. The van der Waals surface area contributed by atoms with Crippen molar-refractivity contribution >= 4 is 39.1 Å². The van der Waals surface area contributed by atoms with Gasteiger partial charge in [0.1, 0.15) is 23.1 Å². The number of nitrogens with one attached hydrogen (secondary N) is 1. The van der Waals surface area contributed by atoms with Crippen molar-refractivity contribution in [3.8, 4) is 28.9 Å². The number of rotatable bonds is 3. The number of pyridine rings is 1. The van der Waals surface area contributed by atoms with Crippen LogP contribution in [0.2, 0.25) is 5.02 Å². The van der Waals surface area contributed by atoms with Gasteiger partial charge in [0.25, 0.3) is 5.89 Å². The van der Waals surface area contributed by atoms with Gasteiger partial charge < -0.3 is 9.84 Å². The number of carbonyl (C=O) groups excluding carboxylic acids is 1. The number of nitrogens with zero attached hydrogens (tertiary/aromatic N) is 4. The summed E-state index contributed by atoms with van der Waals surface area (Å²) in [7, 11) is 0. The predicted octanol–water partition coefficient (Wildman–Crippen LogP) is 4.49. The average molecular weight is 451 g/mol. The Balaban J connectivity index is 2.30. The molecule has 0 bridgehead atoms. The first kappa shape index (κ1) is 18.9. The summed E-state index contributed by atoms with van der Waals surface area (Å²) in [6, 6.07) is 6.63. The normalized spacial score (nSPS) is 10.5. The average Bonchev–Trinajstić information content (AvgIpc) is 3.05. The number of aromatic nitrogens is 3. The summed E-state index contributed by atoms with van der Waals surface area (Å²) in [5.74, 6) is -1.05. The third-order valence-corrected chi connectivity index (χ3v) is 4.53. The zero-order valence-corrected chi connectivity index (χ0v) is 16.3. The quantitative estimate of drug-likeness (QED) is 0.630. The van der Waals surface area contributed by atoms with Crippen LogP contribution in [0.25, 0.3) is 22.8 Å². The molecule has 10 heteroatoms. The molecule has 1 N–H and O–H groups in total. The second-order valence-electron chi connectivity index (χ2n) is 5.45. The number of hydrogen-bond donors (Lipinski definition) is 1. The van der Waals surface area contributed by atoms with E-state index in [0.29, 0.717) is 21.4 Å². The van der Waals surface area contributed by atoms with Crippen LogP contribution in [0.4, 0.5) is 10.1 Å². The number of halogens is 3. The Morgan fingerprint density at radius 3 is 2.70 bits per heavy atom. The number of aryl methyl sites for hydroxylation is 1. The van der Waals surface area contributed by atoms with E-state index in [2.05, 4.69) is 36.4 Å². The smallest absolute Gasteiger partial charge is 0.278 e. The Bertz CT molecular complexity index is 1110. The highest BCUT2D eigenvalue weighted by atomic mass is 79.9. The Kier molecular flexibility index (Phi) is 5.21. The SMILES string of the molecule is CC(=O)Nc1c(F)c(-c2ccc(Br)c(C#N)c2)nc(-c2nc(C)no2)c1Cl. The zero-order chi connectivity index (χ0) is 19.7. The number of carbonyl (C=O) groups is 1. The number of anilines is 1. The molecule has 2 heterocycles. The fourth-order valence-electron chi connectivity index (χ4n) is 2.31. The third kappa shape index (κ3) is 3.67. The van der Waals surface area contributed by atoms with E-state index in [1.54, 1.807) is 19.1 Å². The lowest BCUT2D eigenvalue weighted by atomic mass is 10.1. The van der Waals surface area contributed by atoms with Gasteiger partial charge in [-0.15, -0.1) is 0 Å². The largest absolute Gasteiger partial charge is 0.332 e. The number of hydrogen-bond acceptors (Lipinski definition) is 6. The molecular formula is C17H10BrClFN5O2. The van der Waals surface area contributed by atoms with E-state index in [1.807, 2.05) is 6.07 Å². The van der Waals surface area contributed by atoms with Crippen molar-refractivity contribution in [2.45, 2.75) is 13.8 Å². The van der Waals surface area contributed by atoms with Crippen molar-refractivity contribution < 1.29 is 13.7 Å². The van der Waals surface area contributed by atoms with Crippen molar-refractivity contribution in [3.63, 3.8) is 0 Å². The summed E-state index contributed by atoms with van der Waals surface area (Å²) in [4.78, 5) is 19.8. The van der Waals surface area contributed by atoms with Gasteiger partial charge in [-0.2, -0.15) is 10.2 Å². The van der Waals surface area contributed by atoms with Gasteiger partial charge in [0.15, 0.2) is 11.6 Å². The van der Waals surface area contributed by atoms with Gasteiger partial charge in [-0.1, -0.05) is 22.8 Å². The number of nitriles is 1. The number of benzene rings is 1. The monoisotopic (exact) mass is 449 g/mol. The summed E-state index contributed by atoms with van der Waals surface area (Å²) in [5, 5.41) is 15.1. The molecule has 0 aliphatic heterocycles. The highest BCUT2D eigenvalue weighted by Crippen LogP contribution is 2.38. The van der Waals surface area contributed by atoms with E-state index in [9.17, 15) is 10.1 Å². The lowest BCUT2D eigenvalue weighted by Gasteiger charge is -2.13. The molecule has 0 aliphatic carbocycles. The molecular weight excluding hydrogens is 441 g/mol. The molecule has 27 heavy (non-hydrogen) atoms. The molecule has 136 valence electrons. The van der Waals surface area contributed by atoms with Gasteiger partial charge >= 0.3 is 0 Å². The number of amides is 1. The molecule has 0 spiro atoms.